The molecule has 0 aliphatic carbocycles. The van der Waals surface area contributed by atoms with Gasteiger partial charge in [0.2, 0.25) is 0 Å². The minimum absolute atomic E-state index is 0.0636. The molecule has 0 unspecified atom stereocenters. The third-order valence-electron chi connectivity index (χ3n) is 5.71. The Labute approximate surface area is 207 Å². The molecule has 0 aliphatic heterocycles. The molecule has 4 nitrogen and oxygen atoms in total. The van der Waals surface area contributed by atoms with E-state index in [0.29, 0.717) is 19.8 Å². The van der Waals surface area contributed by atoms with E-state index in [0.717, 1.165) is 19.3 Å². The van der Waals surface area contributed by atoms with Gasteiger partial charge in [0.15, 0.2) is 0 Å². The topological polar surface area (TPSA) is 36.9 Å². The summed E-state index contributed by atoms with van der Waals surface area (Å²) in [7, 11) is 0. The molecule has 0 aliphatic rings. The number of rotatable bonds is 26. The van der Waals surface area contributed by atoms with Gasteiger partial charge in [-0.05, 0) is 0 Å². The molecule has 0 aromatic heterocycles. The molecule has 0 rings (SSSR count). The fourth-order valence-corrected chi connectivity index (χ4v) is 7.21. The predicted molar refractivity (Wildman–Crippen MR) is 134 cm³/mol. The normalized spacial score (nSPS) is 12.2. The van der Waals surface area contributed by atoms with Crippen molar-refractivity contribution in [1.82, 2.24) is 0 Å². The first kappa shape index (κ1) is 32.6. The molecule has 0 heterocycles. The molecule has 0 aromatic carbocycles. The van der Waals surface area contributed by atoms with Crippen molar-refractivity contribution in [2.75, 3.05) is 19.8 Å². The molecule has 0 fully saturated rings. The molecule has 32 heavy (non-hydrogen) atoms. The van der Waals surface area contributed by atoms with Gasteiger partial charge in [0.05, 0.1) is 0 Å². The first-order valence-electron chi connectivity index (χ1n) is 14.2. The van der Waals surface area contributed by atoms with Crippen molar-refractivity contribution in [3.8, 4) is 0 Å². The monoisotopic (exact) mass is 494 g/mol. The average molecular weight is 495 g/mol. The molecule has 0 aromatic rings. The maximum atomic E-state index is 6.36. The van der Waals surface area contributed by atoms with Crippen LogP contribution in [0.1, 0.15) is 150 Å². The molecule has 0 amide bonds. The van der Waals surface area contributed by atoms with Gasteiger partial charge in [-0.15, -0.1) is 0 Å². The van der Waals surface area contributed by atoms with Crippen LogP contribution in [-0.2, 0) is 31.4 Å². The van der Waals surface area contributed by atoms with Crippen LogP contribution in [0, 0.1) is 0 Å². The Morgan fingerprint density at radius 2 is 0.719 bits per heavy atom. The third kappa shape index (κ3) is 21.1. The second kappa shape index (κ2) is 24.7. The summed E-state index contributed by atoms with van der Waals surface area (Å²) < 4.78 is 25.4. The van der Waals surface area contributed by atoms with E-state index in [-0.39, 0.29) is 6.10 Å². The average Bonchev–Trinajstić information content (AvgIpc) is 2.77. The Kier molecular flexibility index (Phi) is 25.1. The van der Waals surface area contributed by atoms with Crippen molar-refractivity contribution in [3.05, 3.63) is 0 Å². The Balaban J connectivity index is 4.55. The number of hydrogen-bond donors (Lipinski definition) is 0. The molecular weight excluding hydrogens is 436 g/mol. The van der Waals surface area contributed by atoms with Gasteiger partial charge in [0.1, 0.15) is 0 Å². The molecule has 5 heteroatoms. The van der Waals surface area contributed by atoms with Crippen molar-refractivity contribution in [2.24, 2.45) is 0 Å². The molecule has 0 spiro atoms. The van der Waals surface area contributed by atoms with E-state index in [4.69, 9.17) is 13.3 Å². The Hall–Kier alpha value is 0.554. The number of unbranched alkanes of at least 4 members (excludes halogenated alkanes) is 15. The van der Waals surface area contributed by atoms with E-state index in [1.54, 1.807) is 0 Å². The van der Waals surface area contributed by atoms with Gasteiger partial charge in [-0.25, -0.2) is 0 Å². The predicted octanol–water partition coefficient (Wildman–Crippen LogP) is 9.36. The van der Waals surface area contributed by atoms with Crippen LogP contribution >= 0.6 is 0 Å². The second-order valence-corrected chi connectivity index (χ2v) is 12.8. The Morgan fingerprint density at radius 1 is 0.438 bits per heavy atom. The molecular formula is C27H58O4Ti. The van der Waals surface area contributed by atoms with Crippen LogP contribution in [0.5, 0.6) is 0 Å². The SMILES string of the molecule is CCCCCCCC[O][Ti]([O]CCCCCCCC)([O]CCCCCCCC)[O]C(C)C. The zero-order chi connectivity index (χ0) is 23.8. The summed E-state index contributed by atoms with van der Waals surface area (Å²) in [5, 5.41) is 0. The second-order valence-electron chi connectivity index (χ2n) is 9.52. The molecule has 0 atom stereocenters. The summed E-state index contributed by atoms with van der Waals surface area (Å²) in [6.45, 7) is 13.0. The van der Waals surface area contributed by atoms with Crippen LogP contribution in [0.3, 0.4) is 0 Å². The van der Waals surface area contributed by atoms with Crippen molar-refractivity contribution in [1.29, 1.82) is 0 Å². The number of hydrogen-bond acceptors (Lipinski definition) is 4. The van der Waals surface area contributed by atoms with Crippen LogP contribution < -0.4 is 0 Å². The molecule has 0 N–H and O–H groups in total. The first-order chi connectivity index (χ1) is 15.6. The summed E-state index contributed by atoms with van der Waals surface area (Å²) in [6, 6.07) is 0. The molecule has 0 bridgehead atoms. The van der Waals surface area contributed by atoms with Crippen LogP contribution in [0.25, 0.3) is 0 Å². The molecule has 0 saturated heterocycles. The van der Waals surface area contributed by atoms with Gasteiger partial charge >= 0.3 is 208 Å². The Bertz CT molecular complexity index is 320. The molecule has 0 radical (unpaired) electrons. The van der Waals surface area contributed by atoms with Crippen molar-refractivity contribution in [2.45, 2.75) is 156 Å². The van der Waals surface area contributed by atoms with E-state index >= 15 is 0 Å². The van der Waals surface area contributed by atoms with Gasteiger partial charge in [-0.3, -0.25) is 0 Å². The summed E-state index contributed by atoms with van der Waals surface area (Å²) in [4.78, 5) is 0. The van der Waals surface area contributed by atoms with Crippen LogP contribution in [0.15, 0.2) is 0 Å². The quantitative estimate of drug-likeness (QED) is 0.0886. The fourth-order valence-electron chi connectivity index (χ4n) is 3.75. The standard InChI is InChI=1S/3C8H17O.C3H7O.Ti/c3*1-2-3-4-5-6-7-8-9;1-3(2)4;/h3*2-8H2,1H3;3H,1-2H3;/q4*-1;+4. The van der Waals surface area contributed by atoms with Gasteiger partial charge in [-0.2, -0.15) is 0 Å². The maximum absolute atomic E-state index is 6.36. The van der Waals surface area contributed by atoms with Gasteiger partial charge < -0.3 is 0 Å². The summed E-state index contributed by atoms with van der Waals surface area (Å²) in [5.41, 5.74) is 0. The van der Waals surface area contributed by atoms with Crippen molar-refractivity contribution >= 4 is 0 Å². The van der Waals surface area contributed by atoms with E-state index in [9.17, 15) is 0 Å². The molecule has 0 saturated carbocycles. The van der Waals surface area contributed by atoms with E-state index in [1.165, 1.54) is 96.3 Å². The van der Waals surface area contributed by atoms with Gasteiger partial charge in [0.25, 0.3) is 0 Å². The zero-order valence-electron chi connectivity index (χ0n) is 22.6. The minimum atomic E-state index is -3.69. The van der Waals surface area contributed by atoms with E-state index in [1.807, 2.05) is 0 Å². The first-order valence-corrected chi connectivity index (χ1v) is 16.7. The van der Waals surface area contributed by atoms with Gasteiger partial charge in [-0.1, -0.05) is 0 Å². The van der Waals surface area contributed by atoms with Crippen molar-refractivity contribution < 1.29 is 31.4 Å². The van der Waals surface area contributed by atoms with Crippen LogP contribution in [-0.4, -0.2) is 25.9 Å². The summed E-state index contributed by atoms with van der Waals surface area (Å²) in [5.74, 6) is 0. The van der Waals surface area contributed by atoms with Crippen molar-refractivity contribution in [3.63, 3.8) is 0 Å². The molecule has 194 valence electrons. The summed E-state index contributed by atoms with van der Waals surface area (Å²) >= 11 is -3.69. The van der Waals surface area contributed by atoms with E-state index in [2.05, 4.69) is 34.6 Å². The van der Waals surface area contributed by atoms with Gasteiger partial charge in [0, 0.05) is 0 Å². The van der Waals surface area contributed by atoms with Crippen LogP contribution in [0.2, 0.25) is 0 Å². The third-order valence-corrected chi connectivity index (χ3v) is 9.51. The zero-order valence-corrected chi connectivity index (χ0v) is 24.1. The fraction of sp³-hybridized carbons (Fsp3) is 1.00. The Morgan fingerprint density at radius 3 is 1.00 bits per heavy atom. The summed E-state index contributed by atoms with van der Waals surface area (Å²) in [6.07, 6.45) is 22.6. The van der Waals surface area contributed by atoms with E-state index < -0.39 is 18.1 Å². The van der Waals surface area contributed by atoms with Crippen LogP contribution in [0.4, 0.5) is 0 Å².